The summed E-state index contributed by atoms with van der Waals surface area (Å²) in [6, 6.07) is -1.78. The van der Waals surface area contributed by atoms with E-state index in [4.69, 9.17) is 20.2 Å². The summed E-state index contributed by atoms with van der Waals surface area (Å²) in [6.45, 7) is 7.24. The highest BCUT2D eigenvalue weighted by molar-refractivity contribution is 5.96. The van der Waals surface area contributed by atoms with Crippen LogP contribution in [0.2, 0.25) is 0 Å². The molecule has 0 spiro atoms. The van der Waals surface area contributed by atoms with Crippen molar-refractivity contribution in [1.82, 2.24) is 15.5 Å². The molecule has 1 aliphatic carbocycles. The first-order valence-electron chi connectivity index (χ1n) is 12.8. The molecule has 2 fully saturated rings. The van der Waals surface area contributed by atoms with Crippen molar-refractivity contribution in [1.29, 1.82) is 0 Å². The Bertz CT molecular complexity index is 871. The highest BCUT2D eigenvalue weighted by atomic mass is 16.6. The van der Waals surface area contributed by atoms with Gasteiger partial charge < -0.3 is 25.0 Å². The predicted octanol–water partition coefficient (Wildman–Crippen LogP) is 1.70. The van der Waals surface area contributed by atoms with Crippen LogP contribution in [0.3, 0.4) is 0 Å². The largest absolute Gasteiger partial charge is 0.464 e. The fraction of sp³-hybridized carbons (Fsp3) is 0.760. The zero-order valence-corrected chi connectivity index (χ0v) is 21.7. The summed E-state index contributed by atoms with van der Waals surface area (Å²) in [5, 5.41) is 5.57. The highest BCUT2D eigenvalue weighted by Crippen LogP contribution is 2.46. The predicted molar refractivity (Wildman–Crippen MR) is 130 cm³/mol. The molecule has 11 heteroatoms. The molecule has 3 aliphatic rings. The average Bonchev–Trinajstić information content (AvgIpc) is 3.31. The molecule has 11 nitrogen and oxygen atoms in total. The number of nitrogens with zero attached hydrogens (tertiary/aromatic N) is 1. The normalized spacial score (nSPS) is 32.2. The van der Waals surface area contributed by atoms with Crippen molar-refractivity contribution >= 4 is 23.9 Å². The van der Waals surface area contributed by atoms with Crippen LogP contribution in [0.15, 0.2) is 12.2 Å². The van der Waals surface area contributed by atoms with Crippen molar-refractivity contribution in [2.24, 2.45) is 11.8 Å². The van der Waals surface area contributed by atoms with Gasteiger partial charge >= 0.3 is 12.1 Å². The van der Waals surface area contributed by atoms with Gasteiger partial charge in [-0.2, -0.15) is 0 Å². The number of nitrogens with two attached hydrogens (primary N) is 1. The quantitative estimate of drug-likeness (QED) is 0.295. The SMILES string of the molecule is CCOC(=O)C12C[C@H]1/C=C\CCCCC[C@H](NC(=O)OC(C)(C)C)C(=O)N1C[C@H](ON)C[C@H]1C(=O)N2. The minimum atomic E-state index is -1.14. The second kappa shape index (κ2) is 11.6. The van der Waals surface area contributed by atoms with Crippen LogP contribution in [-0.4, -0.2) is 71.3 Å². The number of carbonyl (C=O) groups excluding carboxylic acids is 4. The van der Waals surface area contributed by atoms with Gasteiger partial charge in [0.05, 0.1) is 12.7 Å². The van der Waals surface area contributed by atoms with Gasteiger partial charge in [0.15, 0.2) is 0 Å². The van der Waals surface area contributed by atoms with E-state index in [1.165, 1.54) is 4.90 Å². The van der Waals surface area contributed by atoms with Crippen LogP contribution in [0.5, 0.6) is 0 Å². The molecule has 2 aliphatic heterocycles. The van der Waals surface area contributed by atoms with Crippen molar-refractivity contribution in [2.45, 2.75) is 102 Å². The maximum Gasteiger partial charge on any atom is 0.408 e. The van der Waals surface area contributed by atoms with E-state index in [9.17, 15) is 19.2 Å². The van der Waals surface area contributed by atoms with E-state index in [0.29, 0.717) is 19.3 Å². The molecule has 5 atom stereocenters. The maximum atomic E-state index is 13.7. The Labute approximate surface area is 212 Å². The summed E-state index contributed by atoms with van der Waals surface area (Å²) in [5.41, 5.74) is -1.87. The number of carbonyl (C=O) groups is 4. The summed E-state index contributed by atoms with van der Waals surface area (Å²) < 4.78 is 10.6. The topological polar surface area (TPSA) is 149 Å². The van der Waals surface area contributed by atoms with Gasteiger partial charge in [-0.15, -0.1) is 0 Å². The van der Waals surface area contributed by atoms with Crippen molar-refractivity contribution < 1.29 is 33.5 Å². The third-order valence-corrected chi connectivity index (χ3v) is 6.76. The molecule has 202 valence electrons. The summed E-state index contributed by atoms with van der Waals surface area (Å²) in [6.07, 6.45) is 7.01. The van der Waals surface area contributed by atoms with Crippen LogP contribution >= 0.6 is 0 Å². The molecule has 1 saturated carbocycles. The highest BCUT2D eigenvalue weighted by Gasteiger charge is 2.62. The lowest BCUT2D eigenvalue weighted by Gasteiger charge is -2.30. The molecular weight excluding hydrogens is 468 g/mol. The zero-order chi connectivity index (χ0) is 26.5. The van der Waals surface area contributed by atoms with Gasteiger partial charge in [0, 0.05) is 18.9 Å². The van der Waals surface area contributed by atoms with E-state index in [1.54, 1.807) is 27.7 Å². The number of hydrogen-bond donors (Lipinski definition) is 3. The minimum absolute atomic E-state index is 0.0929. The van der Waals surface area contributed by atoms with Crippen molar-refractivity contribution in [2.75, 3.05) is 13.2 Å². The first-order chi connectivity index (χ1) is 17.0. The van der Waals surface area contributed by atoms with Crippen molar-refractivity contribution in [3.63, 3.8) is 0 Å². The molecule has 1 unspecified atom stereocenters. The number of alkyl carbamates (subject to hydrolysis) is 1. The number of nitrogens with one attached hydrogen (secondary N) is 2. The van der Waals surface area contributed by atoms with E-state index in [0.717, 1.165) is 19.3 Å². The van der Waals surface area contributed by atoms with Crippen LogP contribution in [0.25, 0.3) is 0 Å². The van der Waals surface area contributed by atoms with Gasteiger partial charge in [0.1, 0.15) is 23.2 Å². The van der Waals surface area contributed by atoms with Crippen LogP contribution in [0.1, 0.15) is 72.6 Å². The fourth-order valence-electron chi connectivity index (χ4n) is 4.86. The molecule has 36 heavy (non-hydrogen) atoms. The first-order valence-corrected chi connectivity index (χ1v) is 12.8. The Balaban J connectivity index is 1.86. The molecule has 0 bridgehead atoms. The number of fused-ring (bicyclic) bond motifs is 2. The molecule has 0 aromatic rings. The number of amides is 3. The van der Waals surface area contributed by atoms with E-state index in [-0.39, 0.29) is 25.5 Å². The average molecular weight is 509 g/mol. The standard InChI is InChI=1S/C25H40N4O7/c1-5-34-22(32)25-14-16(25)11-9-7-6-8-10-12-18(27-23(33)35-24(2,3)4)21(31)29-15-17(36-26)13-19(29)20(30)28-25/h9,11,16-19H,5-8,10,12-15,26H2,1-4H3,(H,27,33)(H,28,30)/b11-9-/t16-,17-,18+,19+,25?/m1/s1. The van der Waals surface area contributed by atoms with E-state index < -0.39 is 53.2 Å². The van der Waals surface area contributed by atoms with Crippen LogP contribution in [0, 0.1) is 5.92 Å². The summed E-state index contributed by atoms with van der Waals surface area (Å²) in [7, 11) is 0. The van der Waals surface area contributed by atoms with Crippen LogP contribution < -0.4 is 16.5 Å². The summed E-state index contributed by atoms with van der Waals surface area (Å²) in [5.74, 6) is 3.88. The van der Waals surface area contributed by atoms with Crippen LogP contribution in [0.4, 0.5) is 4.79 Å². The maximum absolute atomic E-state index is 13.7. The zero-order valence-electron chi connectivity index (χ0n) is 21.7. The second-order valence-electron chi connectivity index (χ2n) is 10.8. The van der Waals surface area contributed by atoms with Crippen molar-refractivity contribution in [3.05, 3.63) is 12.2 Å². The minimum Gasteiger partial charge on any atom is -0.464 e. The number of allylic oxidation sites excluding steroid dienone is 1. The monoisotopic (exact) mass is 508 g/mol. The lowest BCUT2D eigenvalue weighted by Crippen LogP contribution is -2.56. The summed E-state index contributed by atoms with van der Waals surface area (Å²) >= 11 is 0. The Morgan fingerprint density at radius 1 is 1.25 bits per heavy atom. The smallest absolute Gasteiger partial charge is 0.408 e. The number of esters is 1. The van der Waals surface area contributed by atoms with Gasteiger partial charge in [0.25, 0.3) is 0 Å². The van der Waals surface area contributed by atoms with Crippen LogP contribution in [-0.2, 0) is 28.7 Å². The molecule has 3 rings (SSSR count). The lowest BCUT2D eigenvalue weighted by atomic mass is 10.0. The molecule has 1 saturated heterocycles. The van der Waals surface area contributed by atoms with Gasteiger partial charge in [-0.25, -0.2) is 15.5 Å². The number of rotatable bonds is 4. The van der Waals surface area contributed by atoms with Gasteiger partial charge in [-0.05, 0) is 53.4 Å². The molecule has 0 aromatic carbocycles. The molecule has 0 radical (unpaired) electrons. The molecule has 0 aromatic heterocycles. The second-order valence-corrected chi connectivity index (χ2v) is 10.8. The third-order valence-electron chi connectivity index (χ3n) is 6.76. The third kappa shape index (κ3) is 6.76. The Morgan fingerprint density at radius 2 is 2.00 bits per heavy atom. The van der Waals surface area contributed by atoms with Gasteiger partial charge in [0.2, 0.25) is 11.8 Å². The Kier molecular flexibility index (Phi) is 8.99. The Hall–Kier alpha value is -2.66. The molecule has 4 N–H and O–H groups in total. The molecule has 3 amide bonds. The summed E-state index contributed by atoms with van der Waals surface area (Å²) in [4.78, 5) is 58.8. The van der Waals surface area contributed by atoms with E-state index in [1.807, 2.05) is 12.2 Å². The Morgan fingerprint density at radius 3 is 2.67 bits per heavy atom. The first kappa shape index (κ1) is 27.9. The van der Waals surface area contributed by atoms with Gasteiger partial charge in [-0.1, -0.05) is 25.0 Å². The van der Waals surface area contributed by atoms with E-state index in [2.05, 4.69) is 10.6 Å². The molecular formula is C25H40N4O7. The number of hydrogen-bond acceptors (Lipinski definition) is 8. The lowest BCUT2D eigenvalue weighted by molar-refractivity contribution is -0.150. The number of ether oxygens (including phenoxy) is 2. The van der Waals surface area contributed by atoms with Crippen molar-refractivity contribution in [3.8, 4) is 0 Å². The van der Waals surface area contributed by atoms with E-state index >= 15 is 0 Å². The fourth-order valence-corrected chi connectivity index (χ4v) is 4.86. The van der Waals surface area contributed by atoms with Gasteiger partial charge in [-0.3, -0.25) is 14.4 Å². The molecule has 2 heterocycles.